The summed E-state index contributed by atoms with van der Waals surface area (Å²) >= 11 is 0. The van der Waals surface area contributed by atoms with Gasteiger partial charge in [-0.3, -0.25) is 4.79 Å². The van der Waals surface area contributed by atoms with Gasteiger partial charge in [-0.05, 0) is 30.5 Å². The minimum Gasteiger partial charge on any atom is -0.508 e. The Morgan fingerprint density at radius 2 is 0.895 bits per heavy atom. The van der Waals surface area contributed by atoms with E-state index in [1.54, 1.807) is 12.1 Å². The van der Waals surface area contributed by atoms with E-state index < -0.39 is 0 Å². The van der Waals surface area contributed by atoms with E-state index in [1.807, 2.05) is 12.1 Å². The molecule has 0 atom stereocenters. The van der Waals surface area contributed by atoms with Gasteiger partial charge in [0.05, 0.1) is 6.61 Å². The number of carbonyl (C=O) groups is 1. The average Bonchev–Trinajstić information content (AvgIpc) is 2.92. The molecule has 0 saturated heterocycles. The molecule has 1 N–H and O–H groups in total. The maximum Gasteiger partial charge on any atom is 0.306 e. The highest BCUT2D eigenvalue weighted by Crippen LogP contribution is 2.16. The molecule has 0 radical (unpaired) electrons. The maximum atomic E-state index is 11.8. The topological polar surface area (TPSA) is 46.5 Å². The Kier molecular flexibility index (Phi) is 24.6. The highest BCUT2D eigenvalue weighted by Gasteiger charge is 2.04. The van der Waals surface area contributed by atoms with Crippen LogP contribution < -0.4 is 0 Å². The number of aromatic hydroxyl groups is 1. The number of hydrogen-bond donors (Lipinski definition) is 1. The van der Waals surface area contributed by atoms with Crippen LogP contribution in [0.1, 0.15) is 173 Å². The van der Waals surface area contributed by atoms with Crippen molar-refractivity contribution in [3.05, 3.63) is 29.8 Å². The Morgan fingerprint density at radius 1 is 0.553 bits per heavy atom. The van der Waals surface area contributed by atoms with Gasteiger partial charge in [0.25, 0.3) is 0 Å². The third kappa shape index (κ3) is 23.6. The molecular weight excluding hydrogens is 468 g/mol. The largest absolute Gasteiger partial charge is 0.508 e. The Morgan fingerprint density at radius 3 is 1.26 bits per heavy atom. The molecule has 3 heteroatoms. The van der Waals surface area contributed by atoms with Crippen molar-refractivity contribution < 1.29 is 14.6 Å². The summed E-state index contributed by atoms with van der Waals surface area (Å²) in [4.78, 5) is 11.8. The second kappa shape index (κ2) is 27.1. The van der Waals surface area contributed by atoms with Crippen LogP contribution in [0.5, 0.6) is 5.75 Å². The summed E-state index contributed by atoms with van der Waals surface area (Å²) < 4.78 is 5.35. The number of hydrogen-bond acceptors (Lipinski definition) is 3. The van der Waals surface area contributed by atoms with Gasteiger partial charge in [0.1, 0.15) is 5.75 Å². The van der Waals surface area contributed by atoms with Crippen molar-refractivity contribution in [3.63, 3.8) is 0 Å². The molecule has 3 nitrogen and oxygen atoms in total. The fraction of sp³-hybridized carbons (Fsp3) is 0.800. The van der Waals surface area contributed by atoms with E-state index >= 15 is 0 Å². The van der Waals surface area contributed by atoms with Crippen LogP contribution in [0.4, 0.5) is 0 Å². The normalized spacial score (nSPS) is 11.2. The number of phenolic OH excluding ortho intramolecular Hbond substituents is 1. The van der Waals surface area contributed by atoms with E-state index in [2.05, 4.69) is 6.92 Å². The van der Waals surface area contributed by atoms with Gasteiger partial charge in [-0.15, -0.1) is 0 Å². The number of ether oxygens (including phenoxy) is 1. The van der Waals surface area contributed by atoms with E-state index in [0.717, 1.165) is 18.4 Å². The Balaban J connectivity index is 1.69. The molecule has 0 fully saturated rings. The zero-order chi connectivity index (χ0) is 27.4. The number of esters is 1. The molecule has 0 aliphatic carbocycles. The van der Waals surface area contributed by atoms with Crippen LogP contribution in [0.25, 0.3) is 0 Å². The van der Waals surface area contributed by atoms with Gasteiger partial charge >= 0.3 is 5.97 Å². The van der Waals surface area contributed by atoms with E-state index in [0.29, 0.717) is 19.4 Å². The van der Waals surface area contributed by atoms with Crippen molar-refractivity contribution >= 4 is 5.97 Å². The molecule has 0 aliphatic heterocycles. The summed E-state index contributed by atoms with van der Waals surface area (Å²) in [6, 6.07) is 7.01. The second-order valence-electron chi connectivity index (χ2n) is 11.5. The lowest BCUT2D eigenvalue weighted by atomic mass is 10.0. The standard InChI is InChI=1S/C35H62O3/c1-2-3-4-5-6-7-8-9-10-11-12-13-14-15-16-17-18-19-20-21-22-23-24-25-32-38-35(37)31-28-33-26-29-34(36)30-27-33/h26-27,29-30,36H,2-25,28,31-32H2,1H3. The fourth-order valence-electron chi connectivity index (χ4n) is 5.23. The van der Waals surface area contributed by atoms with Gasteiger partial charge in [0.15, 0.2) is 0 Å². The summed E-state index contributed by atoms with van der Waals surface area (Å²) in [5, 5.41) is 9.29. The first-order chi connectivity index (χ1) is 18.7. The molecule has 0 spiro atoms. The van der Waals surface area contributed by atoms with Crippen LogP contribution in [0.3, 0.4) is 0 Å². The van der Waals surface area contributed by atoms with Gasteiger partial charge < -0.3 is 9.84 Å². The minimum absolute atomic E-state index is 0.118. The van der Waals surface area contributed by atoms with Crippen LogP contribution in [0, 0.1) is 0 Å². The van der Waals surface area contributed by atoms with E-state index in [-0.39, 0.29) is 11.7 Å². The van der Waals surface area contributed by atoms with Crippen LogP contribution in [0.15, 0.2) is 24.3 Å². The number of carbonyl (C=O) groups excluding carboxylic acids is 1. The summed E-state index contributed by atoms with van der Waals surface area (Å²) in [5.41, 5.74) is 1.05. The average molecular weight is 531 g/mol. The van der Waals surface area contributed by atoms with Gasteiger partial charge in [-0.2, -0.15) is 0 Å². The summed E-state index contributed by atoms with van der Waals surface area (Å²) in [6.07, 6.45) is 34.5. The summed E-state index contributed by atoms with van der Waals surface area (Å²) in [7, 11) is 0. The highest BCUT2D eigenvalue weighted by molar-refractivity contribution is 5.69. The summed E-state index contributed by atoms with van der Waals surface area (Å²) in [5.74, 6) is 0.138. The molecule has 0 aliphatic rings. The lowest BCUT2D eigenvalue weighted by Crippen LogP contribution is -2.07. The molecule has 0 heterocycles. The van der Waals surface area contributed by atoms with Gasteiger partial charge in [0.2, 0.25) is 0 Å². The Hall–Kier alpha value is -1.51. The predicted octanol–water partition coefficient (Wildman–Crippen LogP) is 11.3. The zero-order valence-electron chi connectivity index (χ0n) is 25.2. The van der Waals surface area contributed by atoms with Gasteiger partial charge in [-0.1, -0.05) is 167 Å². The summed E-state index contributed by atoms with van der Waals surface area (Å²) in [6.45, 7) is 2.84. The number of unbranched alkanes of at least 4 members (excludes halogenated alkanes) is 23. The molecule has 1 aromatic carbocycles. The van der Waals surface area contributed by atoms with E-state index in [4.69, 9.17) is 4.74 Å². The number of rotatable bonds is 28. The van der Waals surface area contributed by atoms with Crippen molar-refractivity contribution in [2.24, 2.45) is 0 Å². The Labute approximate surface area is 236 Å². The lowest BCUT2D eigenvalue weighted by molar-refractivity contribution is -0.143. The number of benzene rings is 1. The van der Waals surface area contributed by atoms with Gasteiger partial charge in [-0.25, -0.2) is 0 Å². The van der Waals surface area contributed by atoms with Crippen molar-refractivity contribution in [1.82, 2.24) is 0 Å². The molecule has 1 aromatic rings. The van der Waals surface area contributed by atoms with Crippen LogP contribution in [0.2, 0.25) is 0 Å². The number of aryl methyl sites for hydroxylation is 1. The molecule has 0 aromatic heterocycles. The van der Waals surface area contributed by atoms with Crippen molar-refractivity contribution in [1.29, 1.82) is 0 Å². The van der Waals surface area contributed by atoms with E-state index in [1.165, 1.54) is 141 Å². The highest BCUT2D eigenvalue weighted by atomic mass is 16.5. The maximum absolute atomic E-state index is 11.8. The van der Waals surface area contributed by atoms with Crippen molar-refractivity contribution in [2.75, 3.05) is 6.61 Å². The van der Waals surface area contributed by atoms with Crippen LogP contribution in [-0.4, -0.2) is 17.7 Å². The molecule has 38 heavy (non-hydrogen) atoms. The van der Waals surface area contributed by atoms with Gasteiger partial charge in [0, 0.05) is 6.42 Å². The molecule has 0 saturated carbocycles. The quantitative estimate of drug-likeness (QED) is 0.0865. The third-order valence-electron chi connectivity index (χ3n) is 7.82. The van der Waals surface area contributed by atoms with Crippen LogP contribution >= 0.6 is 0 Å². The minimum atomic E-state index is -0.118. The molecule has 0 unspecified atom stereocenters. The first-order valence-electron chi connectivity index (χ1n) is 16.7. The molecule has 1 rings (SSSR count). The lowest BCUT2D eigenvalue weighted by Gasteiger charge is -2.06. The van der Waals surface area contributed by atoms with Crippen molar-refractivity contribution in [3.8, 4) is 5.75 Å². The molecule has 220 valence electrons. The molecule has 0 bridgehead atoms. The SMILES string of the molecule is CCCCCCCCCCCCCCCCCCCCCCCCCCOC(=O)CCc1ccc(O)cc1. The third-order valence-corrected chi connectivity index (χ3v) is 7.82. The fourth-order valence-corrected chi connectivity index (χ4v) is 5.23. The Bertz CT molecular complexity index is 625. The molecular formula is C35H62O3. The first kappa shape index (κ1) is 34.5. The van der Waals surface area contributed by atoms with E-state index in [9.17, 15) is 9.90 Å². The molecule has 0 amide bonds. The zero-order valence-corrected chi connectivity index (χ0v) is 25.2. The predicted molar refractivity (Wildman–Crippen MR) is 164 cm³/mol. The van der Waals surface area contributed by atoms with Crippen LogP contribution in [-0.2, 0) is 16.0 Å². The first-order valence-corrected chi connectivity index (χ1v) is 16.7. The van der Waals surface area contributed by atoms with Crippen molar-refractivity contribution in [2.45, 2.75) is 174 Å². The number of phenols is 1. The smallest absolute Gasteiger partial charge is 0.306 e. The monoisotopic (exact) mass is 530 g/mol. The second-order valence-corrected chi connectivity index (χ2v) is 11.5.